The smallest absolute Gasteiger partial charge is 0.296 e. The van der Waals surface area contributed by atoms with E-state index in [4.69, 9.17) is 18.6 Å². The maximum absolute atomic E-state index is 13.3. The van der Waals surface area contributed by atoms with Crippen molar-refractivity contribution >= 4 is 17.4 Å². The van der Waals surface area contributed by atoms with Crippen LogP contribution >= 0.6 is 0 Å². The number of amides is 1. The Hall–Kier alpha value is -4.20. The molecule has 2 aromatic carbocycles. The number of carbonyl (C=O) groups excluding carboxylic acids is 2. The number of hydrogen-bond acceptors (Lipinski definition) is 7. The first-order valence-corrected chi connectivity index (χ1v) is 12.4. The molecule has 1 N–H and O–H groups in total. The number of carbonyl (C=O) groups is 2. The second-order valence-electron chi connectivity index (χ2n) is 9.47. The Bertz CT molecular complexity index is 1330. The minimum Gasteiger partial charge on any atom is -0.507 e. The molecule has 5 rings (SSSR count). The zero-order valence-electron chi connectivity index (χ0n) is 20.8. The van der Waals surface area contributed by atoms with Gasteiger partial charge in [-0.2, -0.15) is 0 Å². The average Bonchev–Trinajstić information content (AvgIpc) is 3.50. The number of ether oxygens (including phenoxy) is 3. The van der Waals surface area contributed by atoms with Gasteiger partial charge in [0.05, 0.1) is 31.0 Å². The Labute approximate surface area is 215 Å². The molecule has 3 heterocycles. The lowest BCUT2D eigenvalue weighted by Crippen LogP contribution is -2.29. The summed E-state index contributed by atoms with van der Waals surface area (Å²) in [5.41, 5.74) is 0.994. The summed E-state index contributed by atoms with van der Waals surface area (Å²) in [6.45, 7) is 5.68. The Morgan fingerprint density at radius 2 is 1.86 bits per heavy atom. The van der Waals surface area contributed by atoms with E-state index in [0.717, 1.165) is 6.42 Å². The average molecular weight is 504 g/mol. The first-order valence-electron chi connectivity index (χ1n) is 12.4. The summed E-state index contributed by atoms with van der Waals surface area (Å²) in [6, 6.07) is 14.8. The number of fused-ring (bicyclic) bond motifs is 1. The van der Waals surface area contributed by atoms with Crippen LogP contribution in [0, 0.1) is 5.92 Å². The normalized spacial score (nSPS) is 18.5. The third-order valence-corrected chi connectivity index (χ3v) is 6.40. The van der Waals surface area contributed by atoms with Gasteiger partial charge in [-0.15, -0.1) is 0 Å². The lowest BCUT2D eigenvalue weighted by Gasteiger charge is -2.25. The van der Waals surface area contributed by atoms with Crippen molar-refractivity contribution in [3.63, 3.8) is 0 Å². The fourth-order valence-corrected chi connectivity index (χ4v) is 4.49. The largest absolute Gasteiger partial charge is 0.507 e. The van der Waals surface area contributed by atoms with Gasteiger partial charge in [0, 0.05) is 5.56 Å². The molecule has 8 nitrogen and oxygen atoms in total. The van der Waals surface area contributed by atoms with E-state index in [9.17, 15) is 14.7 Å². The van der Waals surface area contributed by atoms with Crippen molar-refractivity contribution in [2.45, 2.75) is 32.9 Å². The number of nitrogens with zero attached hydrogens (tertiary/aromatic N) is 1. The number of aliphatic hydroxyl groups is 1. The standard InChI is InChI=1S/C29H29NO7/c1-18(2)10-12-35-21-6-3-5-19(15-21)26-25(28(32)29(33)30(26)17-22-7-4-11-34-22)27(31)20-8-9-23-24(16-20)37-14-13-36-23/h3-9,11,15-16,18,26,31H,10,12-14,17H2,1-2H3. The van der Waals surface area contributed by atoms with E-state index in [-0.39, 0.29) is 17.9 Å². The van der Waals surface area contributed by atoms with Crippen LogP contribution in [0.15, 0.2) is 70.9 Å². The molecule has 2 aliphatic heterocycles. The van der Waals surface area contributed by atoms with Gasteiger partial charge in [-0.05, 0) is 60.4 Å². The molecule has 3 aromatic rings. The Balaban J connectivity index is 1.57. The molecule has 0 bridgehead atoms. The van der Waals surface area contributed by atoms with Crippen molar-refractivity contribution in [3.8, 4) is 17.2 Å². The van der Waals surface area contributed by atoms with Gasteiger partial charge in [0.2, 0.25) is 0 Å². The van der Waals surface area contributed by atoms with Crippen molar-refractivity contribution in [2.75, 3.05) is 19.8 Å². The molecule has 1 amide bonds. The van der Waals surface area contributed by atoms with Crippen molar-refractivity contribution < 1.29 is 33.3 Å². The molecule has 8 heteroatoms. The lowest BCUT2D eigenvalue weighted by molar-refractivity contribution is -0.140. The van der Waals surface area contributed by atoms with Crippen LogP contribution in [-0.4, -0.2) is 41.5 Å². The van der Waals surface area contributed by atoms with Gasteiger partial charge in [0.1, 0.15) is 30.5 Å². The summed E-state index contributed by atoms with van der Waals surface area (Å²) in [4.78, 5) is 28.0. The van der Waals surface area contributed by atoms with Crippen LogP contribution < -0.4 is 14.2 Å². The summed E-state index contributed by atoms with van der Waals surface area (Å²) in [6.07, 6.45) is 2.41. The molecule has 1 aromatic heterocycles. The van der Waals surface area contributed by atoms with Crippen LogP contribution in [0.4, 0.5) is 0 Å². The minimum absolute atomic E-state index is 0.00688. The van der Waals surface area contributed by atoms with Crippen LogP contribution in [0.2, 0.25) is 0 Å². The maximum atomic E-state index is 13.3. The zero-order valence-corrected chi connectivity index (χ0v) is 20.8. The lowest BCUT2D eigenvalue weighted by atomic mass is 9.95. The number of rotatable bonds is 8. The monoisotopic (exact) mass is 503 g/mol. The maximum Gasteiger partial charge on any atom is 0.296 e. The van der Waals surface area contributed by atoms with Crippen molar-refractivity contribution in [3.05, 3.63) is 83.3 Å². The van der Waals surface area contributed by atoms with Crippen LogP contribution in [0.1, 0.15) is 43.2 Å². The third-order valence-electron chi connectivity index (χ3n) is 6.40. The molecule has 37 heavy (non-hydrogen) atoms. The second kappa shape index (κ2) is 10.4. The van der Waals surface area contributed by atoms with Gasteiger partial charge >= 0.3 is 0 Å². The topological polar surface area (TPSA) is 98.4 Å². The number of furan rings is 1. The number of likely N-dealkylation sites (tertiary alicyclic amines) is 1. The summed E-state index contributed by atoms with van der Waals surface area (Å²) in [5, 5.41) is 11.4. The molecule has 0 spiro atoms. The number of Topliss-reactive ketones (excluding diaryl/α,β-unsaturated/α-hetero) is 1. The Morgan fingerprint density at radius 3 is 2.62 bits per heavy atom. The first kappa shape index (κ1) is 24.5. The van der Waals surface area contributed by atoms with Gasteiger partial charge < -0.3 is 28.6 Å². The molecule has 0 saturated carbocycles. The van der Waals surface area contributed by atoms with Crippen LogP contribution in [0.5, 0.6) is 17.2 Å². The molecule has 1 saturated heterocycles. The fourth-order valence-electron chi connectivity index (χ4n) is 4.49. The Kier molecular flexibility index (Phi) is 6.90. The summed E-state index contributed by atoms with van der Waals surface area (Å²) < 4.78 is 22.6. The summed E-state index contributed by atoms with van der Waals surface area (Å²) in [5.74, 6) is 0.905. The second-order valence-corrected chi connectivity index (χ2v) is 9.47. The molecule has 192 valence electrons. The predicted molar refractivity (Wildman–Crippen MR) is 135 cm³/mol. The number of aliphatic hydroxyl groups excluding tert-OH is 1. The molecule has 1 fully saturated rings. The van der Waals surface area contributed by atoms with Gasteiger partial charge in [-0.1, -0.05) is 26.0 Å². The SMILES string of the molecule is CC(C)CCOc1cccc(C2C(=C(O)c3ccc4c(c3)OCCO4)C(=O)C(=O)N2Cc2ccco2)c1. The van der Waals surface area contributed by atoms with E-state index in [1.165, 1.54) is 11.2 Å². The van der Waals surface area contributed by atoms with Crippen molar-refractivity contribution in [1.82, 2.24) is 4.90 Å². The predicted octanol–water partition coefficient (Wildman–Crippen LogP) is 5.10. The van der Waals surface area contributed by atoms with Gasteiger partial charge in [0.25, 0.3) is 11.7 Å². The van der Waals surface area contributed by atoms with E-state index < -0.39 is 17.7 Å². The molecular formula is C29H29NO7. The Morgan fingerprint density at radius 1 is 1.05 bits per heavy atom. The van der Waals surface area contributed by atoms with Crippen molar-refractivity contribution in [1.29, 1.82) is 0 Å². The molecule has 1 unspecified atom stereocenters. The van der Waals surface area contributed by atoms with E-state index in [2.05, 4.69) is 13.8 Å². The number of hydrogen-bond donors (Lipinski definition) is 1. The van der Waals surface area contributed by atoms with Crippen LogP contribution in [-0.2, 0) is 16.1 Å². The molecule has 1 atom stereocenters. The van der Waals surface area contributed by atoms with Crippen LogP contribution in [0.3, 0.4) is 0 Å². The highest BCUT2D eigenvalue weighted by atomic mass is 16.6. The highest BCUT2D eigenvalue weighted by molar-refractivity contribution is 6.46. The fraction of sp³-hybridized carbons (Fsp3) is 0.310. The molecular weight excluding hydrogens is 474 g/mol. The number of ketones is 1. The van der Waals surface area contributed by atoms with Crippen LogP contribution in [0.25, 0.3) is 5.76 Å². The van der Waals surface area contributed by atoms with Gasteiger partial charge in [-0.25, -0.2) is 0 Å². The highest BCUT2D eigenvalue weighted by Crippen LogP contribution is 2.42. The third kappa shape index (κ3) is 5.05. The van der Waals surface area contributed by atoms with E-state index in [1.54, 1.807) is 30.3 Å². The van der Waals surface area contributed by atoms with E-state index >= 15 is 0 Å². The zero-order chi connectivity index (χ0) is 25.9. The molecule has 2 aliphatic rings. The molecule has 0 aliphatic carbocycles. The quantitative estimate of drug-likeness (QED) is 0.259. The molecule has 0 radical (unpaired) electrons. The highest BCUT2D eigenvalue weighted by Gasteiger charge is 2.46. The number of benzene rings is 2. The summed E-state index contributed by atoms with van der Waals surface area (Å²) >= 11 is 0. The minimum atomic E-state index is -0.841. The van der Waals surface area contributed by atoms with Gasteiger partial charge in [0.15, 0.2) is 11.5 Å². The van der Waals surface area contributed by atoms with Gasteiger partial charge in [-0.3, -0.25) is 9.59 Å². The van der Waals surface area contributed by atoms with E-state index in [0.29, 0.717) is 59.9 Å². The van der Waals surface area contributed by atoms with E-state index in [1.807, 2.05) is 24.3 Å². The first-order chi connectivity index (χ1) is 17.9. The van der Waals surface area contributed by atoms with Crippen molar-refractivity contribution in [2.24, 2.45) is 5.92 Å². The summed E-state index contributed by atoms with van der Waals surface area (Å²) in [7, 11) is 0.